The van der Waals surface area contributed by atoms with E-state index in [0.717, 1.165) is 11.6 Å². The fraction of sp³-hybridized carbons (Fsp3) is 0.529. The standard InChI is InChI=1S/C19H18FN5O3.C17H25FN4O2S.C17H23FN4O2S.C16H21FN4O3S.C12H12FN3O3.C4H11NOS/c1-10-13-5-12(20)4-11-6-19(9-26,28-16(11)13)8-21-18(27)14-7-22-25-3-2-15(23-10)24-17(14)25;2*1-6-17(10-20-22-19)9-12-7-13(18)8-14(15(12)24-17)11(2)21-25(23)16(3,4)5;1-10(20-25(23)15(2,3)4)13-6-12(17)5-11-7-16(9-22,8-19-21-18)24-14(11)13;1-7(18)10-3-9(13)2-8-4-12(6-17,5-15-16-14)19-11(8)10;1-4(2,3)7(5)6/h2-5,7,10,26H,6,8-9H2,1H3,(H,21,27)(H,23,24);7-8,11,21H,6,9-10H2,1-5H3;7-8H,6,9-10H2,1-5H3;5-6,22H,7-9H2,1-4H3;2-3,17H,4-6H2,1H3;5H2,1-3H3/t10-,19?;11-,17?,25-;17?,25-;16?,25-;;7-/m1111.1/s1. The van der Waals surface area contributed by atoms with Gasteiger partial charge in [0.1, 0.15) is 114 Å². The van der Waals surface area contributed by atoms with Crippen molar-refractivity contribution in [3.05, 3.63) is 211 Å². The highest BCUT2D eigenvalue weighted by atomic mass is 32.2. The summed E-state index contributed by atoms with van der Waals surface area (Å²) in [5.74, 6) is -0.0244. The lowest BCUT2D eigenvalue weighted by Crippen LogP contribution is -2.49. The molecule has 698 valence electrons. The Hall–Kier alpha value is -10.7. The van der Waals surface area contributed by atoms with Crippen LogP contribution < -0.4 is 44.2 Å². The van der Waals surface area contributed by atoms with Crippen molar-refractivity contribution in [2.24, 2.45) is 34.4 Å². The zero-order valence-electron chi connectivity index (χ0n) is 75.3. The van der Waals surface area contributed by atoms with Crippen LogP contribution in [0, 0.1) is 29.1 Å². The summed E-state index contributed by atoms with van der Waals surface area (Å²) in [7, 11) is -5.43. The molecular formula is C85H110F5N21O14S4. The molecule has 13 rings (SSSR count). The topological polar surface area (TPSA) is 521 Å². The molecule has 2 aromatic heterocycles. The lowest BCUT2D eigenvalue weighted by molar-refractivity contribution is 0.0272. The number of aliphatic hydroxyl groups is 3. The minimum absolute atomic E-state index is 0.0664. The third-order valence-corrected chi connectivity index (χ3v) is 27.1. The van der Waals surface area contributed by atoms with Crippen molar-refractivity contribution < 1.29 is 87.4 Å². The van der Waals surface area contributed by atoms with Gasteiger partial charge in [0.15, 0.2) is 17.0 Å². The largest absolute Gasteiger partial charge is 0.486 e. The van der Waals surface area contributed by atoms with Gasteiger partial charge < -0.3 is 49.6 Å². The quantitative estimate of drug-likeness (QED) is 0.00877. The van der Waals surface area contributed by atoms with E-state index in [-0.39, 0.29) is 117 Å². The molecule has 0 fully saturated rings. The lowest BCUT2D eigenvalue weighted by atomic mass is 9.93. The number of aliphatic hydroxyl groups excluding tert-OH is 3. The molecule has 8 N–H and O–H groups in total. The van der Waals surface area contributed by atoms with Gasteiger partial charge >= 0.3 is 0 Å². The van der Waals surface area contributed by atoms with E-state index in [2.05, 4.69) is 74.3 Å². The molecule has 0 saturated heterocycles. The predicted molar refractivity (Wildman–Crippen MR) is 484 cm³/mol. The second-order valence-corrected chi connectivity index (χ2v) is 43.4. The first-order valence-corrected chi connectivity index (χ1v) is 45.5. The number of carbonyl (C=O) groups excluding carboxylic acids is 2. The molecule has 129 heavy (non-hydrogen) atoms. The van der Waals surface area contributed by atoms with Gasteiger partial charge in [0.05, 0.1) is 123 Å². The van der Waals surface area contributed by atoms with Gasteiger partial charge in [-0.25, -0.2) is 53.0 Å². The molecule has 35 nitrogen and oxygen atoms in total. The van der Waals surface area contributed by atoms with Gasteiger partial charge in [-0.3, -0.25) is 14.7 Å². The van der Waals surface area contributed by atoms with E-state index in [0.29, 0.717) is 128 Å². The molecular weight excluding hydrogens is 1760 g/mol. The molecule has 5 aromatic carbocycles. The SMILES string of the molecule is CC(=N[S@](=O)C(C)(C)C)c1cc(F)cc2c1OC(CO)(CN=[N+]=[N-])C2.CC(=O)c1cc(F)cc2c1OC(CO)(CN=[N+]=[N-])C2.CC(C)(C)[S@](N)=O.CCC1(CN=[N+]=[N-])Cc2cc(F)cc(C(C)=N[S@](=O)C(C)(C)C)c2O1.CCC1(CN=[N+]=[N-])Cc2cc(F)cc([C@@H](C)N[S@](=O)C(C)(C)C)c2O1.C[C@H]1Nc2ccn3ncc(c3n2)C(=O)NCC2(CO)Cc3cc(F)cc1c3O2. The number of fused-ring (bicyclic) bond motifs is 6. The van der Waals surface area contributed by atoms with Crippen LogP contribution >= 0.6 is 0 Å². The van der Waals surface area contributed by atoms with Crippen molar-refractivity contribution in [3.8, 4) is 28.7 Å². The Kier molecular flexibility index (Phi) is 34.1. The van der Waals surface area contributed by atoms with Gasteiger partial charge in [0.25, 0.3) is 5.91 Å². The normalized spacial score (nSPS) is 21.5. The van der Waals surface area contributed by atoms with Crippen LogP contribution in [-0.2, 0) is 76.0 Å². The number of Topliss-reactive ketones (excluding diaryl/α,β-unsaturated/α-hetero) is 1. The predicted octanol–water partition coefficient (Wildman–Crippen LogP) is 15.8. The molecule has 4 bridgehead atoms. The molecule has 1 amide bonds. The molecule has 6 aliphatic heterocycles. The van der Waals surface area contributed by atoms with Crippen LogP contribution in [-0.4, -0.2) is 169 Å². The average molecular weight is 1870 g/mol. The highest BCUT2D eigenvalue weighted by Crippen LogP contribution is 2.47. The fourth-order valence-electron chi connectivity index (χ4n) is 13.9. The Labute approximate surface area is 754 Å². The van der Waals surface area contributed by atoms with Crippen molar-refractivity contribution in [3.63, 3.8) is 0 Å². The summed E-state index contributed by atoms with van der Waals surface area (Å²) in [4.78, 5) is 39.6. The number of aromatic nitrogens is 3. The summed E-state index contributed by atoms with van der Waals surface area (Å²) >= 11 is 0. The number of hydrogen-bond acceptors (Lipinski definition) is 21. The number of amides is 1. The second-order valence-electron chi connectivity index (χ2n) is 35.8. The van der Waals surface area contributed by atoms with Crippen molar-refractivity contribution in [2.75, 3.05) is 57.9 Å². The van der Waals surface area contributed by atoms with Crippen molar-refractivity contribution in [1.29, 1.82) is 0 Å². The number of nitrogens with one attached hydrogen (secondary N) is 3. The van der Waals surface area contributed by atoms with Gasteiger partial charge in [-0.1, -0.05) is 34.3 Å². The first-order valence-electron chi connectivity index (χ1n) is 40.9. The molecule has 44 heteroatoms. The number of benzene rings is 5. The number of nitrogens with zero attached hydrogens (tertiary/aromatic N) is 17. The van der Waals surface area contributed by atoms with Gasteiger partial charge in [0.2, 0.25) is 0 Å². The fourth-order valence-corrected chi connectivity index (χ4v) is 15.9. The van der Waals surface area contributed by atoms with E-state index in [1.54, 1.807) is 46.9 Å². The third-order valence-electron chi connectivity index (χ3n) is 21.3. The van der Waals surface area contributed by atoms with Crippen molar-refractivity contribution in [2.45, 2.75) is 236 Å². The number of hydrogen-bond donors (Lipinski definition) is 7. The maximum atomic E-state index is 14.3. The Bertz CT molecular complexity index is 5630. The molecule has 6 aliphatic rings. The summed E-state index contributed by atoms with van der Waals surface area (Å²) in [5.41, 5.74) is 36.5. The van der Waals surface area contributed by atoms with E-state index in [1.807, 2.05) is 90.0 Å². The maximum Gasteiger partial charge on any atom is 0.256 e. The molecule has 0 spiro atoms. The third kappa shape index (κ3) is 25.7. The van der Waals surface area contributed by atoms with Gasteiger partial charge in [-0.2, -0.15) is 13.9 Å². The van der Waals surface area contributed by atoms with Gasteiger partial charge in [-0.15, -0.1) is 0 Å². The molecule has 5 unspecified atom stereocenters. The number of halogens is 5. The van der Waals surface area contributed by atoms with E-state index in [9.17, 15) is 63.7 Å². The summed E-state index contributed by atoms with van der Waals surface area (Å²) in [6.45, 7) is 33.4. The Balaban J connectivity index is 0.000000196. The zero-order valence-corrected chi connectivity index (χ0v) is 78.6. The summed E-state index contributed by atoms with van der Waals surface area (Å²) in [5, 5.41) is 58.5. The number of anilines is 1. The molecule has 0 saturated carbocycles. The summed E-state index contributed by atoms with van der Waals surface area (Å²) < 4.78 is 158. The number of nitrogens with two attached hydrogens (primary N) is 1. The number of azide groups is 4. The smallest absolute Gasteiger partial charge is 0.256 e. The van der Waals surface area contributed by atoms with E-state index < -0.39 is 104 Å². The molecule has 7 aromatic rings. The van der Waals surface area contributed by atoms with Crippen molar-refractivity contribution in [1.82, 2.24) is 24.6 Å². The van der Waals surface area contributed by atoms with Crippen LogP contribution in [0.2, 0.25) is 0 Å². The molecule has 8 heterocycles. The summed E-state index contributed by atoms with van der Waals surface area (Å²) in [6.07, 6.45) is 6.04. The van der Waals surface area contributed by atoms with Gasteiger partial charge in [0, 0.05) is 114 Å². The van der Waals surface area contributed by atoms with Crippen LogP contribution in [0.25, 0.3) is 47.4 Å². The highest BCUT2D eigenvalue weighted by Gasteiger charge is 2.46. The van der Waals surface area contributed by atoms with E-state index in [4.69, 9.17) is 50.9 Å². The Morgan fingerprint density at radius 2 is 0.961 bits per heavy atom. The summed E-state index contributed by atoms with van der Waals surface area (Å²) in [6, 6.07) is 14.5. The number of ketones is 1. The number of ether oxygens (including phenoxy) is 5. The number of carbonyl (C=O) groups is 2. The monoisotopic (exact) mass is 1870 g/mol. The van der Waals surface area contributed by atoms with Crippen LogP contribution in [0.3, 0.4) is 0 Å². The van der Waals surface area contributed by atoms with Crippen molar-refractivity contribution >= 4 is 78.5 Å². The van der Waals surface area contributed by atoms with Crippen LogP contribution in [0.1, 0.15) is 227 Å². The highest BCUT2D eigenvalue weighted by molar-refractivity contribution is 7.85. The van der Waals surface area contributed by atoms with E-state index >= 15 is 0 Å². The van der Waals surface area contributed by atoms with Crippen LogP contribution in [0.5, 0.6) is 28.7 Å². The minimum Gasteiger partial charge on any atom is -0.486 e. The first kappa shape index (κ1) is 104. The average Bonchev–Trinajstić information content (AvgIpc) is 1.63. The minimum atomic E-state index is -1.50. The first-order chi connectivity index (χ1) is 60.3. The molecule has 11 atom stereocenters. The van der Waals surface area contributed by atoms with Gasteiger partial charge in [-0.05, 0) is 219 Å². The zero-order chi connectivity index (χ0) is 96.1. The Morgan fingerprint density at radius 3 is 1.36 bits per heavy atom. The molecule has 0 aliphatic carbocycles. The van der Waals surface area contributed by atoms with Crippen LogP contribution in [0.4, 0.5) is 27.8 Å². The Morgan fingerprint density at radius 1 is 0.574 bits per heavy atom. The lowest BCUT2D eigenvalue weighted by Gasteiger charge is -2.27. The van der Waals surface area contributed by atoms with E-state index in [1.165, 1.54) is 72.2 Å². The van der Waals surface area contributed by atoms with Crippen LogP contribution in [0.15, 0.2) is 108 Å². The maximum absolute atomic E-state index is 14.3. The number of rotatable bonds is 21. The second kappa shape index (κ2) is 42.5. The molecule has 0 radical (unpaired) electrons.